The number of unbranched alkanes of at least 4 members (excludes halogenated alkanes) is 1. The molecule has 0 aliphatic carbocycles. The summed E-state index contributed by atoms with van der Waals surface area (Å²) >= 11 is 5.86. The van der Waals surface area contributed by atoms with Gasteiger partial charge in [0.1, 0.15) is 11.5 Å². The fraction of sp³-hybridized carbons (Fsp3) is 0.421. The molecule has 0 aliphatic heterocycles. The Morgan fingerprint density at radius 3 is 2.55 bits per heavy atom. The molecule has 1 heterocycles. The van der Waals surface area contributed by atoms with E-state index in [1.807, 2.05) is 6.92 Å². The number of nitrogens with two attached hydrogens (primary N) is 1. The number of carbonyl (C=O) groups excluding carboxylic acids is 1. The largest absolute Gasteiger partial charge is 0.418 e. The zero-order valence-corrected chi connectivity index (χ0v) is 17.7. The van der Waals surface area contributed by atoms with Crippen LogP contribution in [-0.2, 0) is 17.5 Å². The van der Waals surface area contributed by atoms with Gasteiger partial charge in [0.25, 0.3) is 5.56 Å². The lowest BCUT2D eigenvalue weighted by Gasteiger charge is -2.24. The van der Waals surface area contributed by atoms with Crippen molar-refractivity contribution in [2.75, 3.05) is 29.0 Å². The van der Waals surface area contributed by atoms with Gasteiger partial charge in [0.2, 0.25) is 5.91 Å². The third-order valence-electron chi connectivity index (χ3n) is 4.57. The lowest BCUT2D eigenvalue weighted by atomic mass is 10.1. The number of halogens is 4. The van der Waals surface area contributed by atoms with Crippen molar-refractivity contribution in [2.24, 2.45) is 0 Å². The third-order valence-corrected chi connectivity index (χ3v) is 4.88. The molecule has 0 atom stereocenters. The fourth-order valence-corrected chi connectivity index (χ4v) is 3.23. The molecular formula is C19H23ClF3N5O3. The Balaban J connectivity index is 2.36. The van der Waals surface area contributed by atoms with Gasteiger partial charge in [-0.2, -0.15) is 13.2 Å². The molecule has 0 bridgehead atoms. The molecule has 1 amide bonds. The van der Waals surface area contributed by atoms with Gasteiger partial charge in [-0.15, -0.1) is 0 Å². The summed E-state index contributed by atoms with van der Waals surface area (Å²) in [6.07, 6.45) is -3.32. The van der Waals surface area contributed by atoms with E-state index in [0.717, 1.165) is 18.6 Å². The van der Waals surface area contributed by atoms with Crippen LogP contribution in [-0.4, -0.2) is 28.5 Å². The first-order valence-electron chi connectivity index (χ1n) is 9.54. The van der Waals surface area contributed by atoms with Gasteiger partial charge in [-0.25, -0.2) is 4.79 Å². The van der Waals surface area contributed by atoms with Crippen molar-refractivity contribution in [3.05, 3.63) is 49.6 Å². The second kappa shape index (κ2) is 9.90. The Morgan fingerprint density at radius 1 is 1.29 bits per heavy atom. The van der Waals surface area contributed by atoms with Crippen molar-refractivity contribution in [2.45, 2.75) is 39.4 Å². The van der Waals surface area contributed by atoms with Crippen LogP contribution in [0.4, 0.5) is 30.4 Å². The zero-order valence-electron chi connectivity index (χ0n) is 17.0. The monoisotopic (exact) mass is 461 g/mol. The van der Waals surface area contributed by atoms with E-state index in [9.17, 15) is 27.6 Å². The number of hydrogen-bond donors (Lipinski definition) is 3. The maximum atomic E-state index is 13.2. The highest BCUT2D eigenvalue weighted by molar-refractivity contribution is 6.34. The fourth-order valence-electron chi connectivity index (χ4n) is 3.01. The number of alkyl halides is 3. The van der Waals surface area contributed by atoms with Crippen LogP contribution < -0.4 is 27.2 Å². The van der Waals surface area contributed by atoms with Gasteiger partial charge in [-0.1, -0.05) is 31.0 Å². The molecule has 0 unspecified atom stereocenters. The first-order valence-corrected chi connectivity index (χ1v) is 9.92. The van der Waals surface area contributed by atoms with E-state index in [1.54, 1.807) is 6.92 Å². The molecule has 4 N–H and O–H groups in total. The van der Waals surface area contributed by atoms with Crippen molar-refractivity contribution in [3.8, 4) is 0 Å². The quantitative estimate of drug-likeness (QED) is 0.559. The topological polar surface area (TPSA) is 113 Å². The molecule has 0 fully saturated rings. The molecule has 0 saturated heterocycles. The maximum absolute atomic E-state index is 13.2. The van der Waals surface area contributed by atoms with E-state index >= 15 is 0 Å². The third kappa shape index (κ3) is 5.60. The van der Waals surface area contributed by atoms with Crippen molar-refractivity contribution in [1.29, 1.82) is 0 Å². The van der Waals surface area contributed by atoms with E-state index in [1.165, 1.54) is 15.5 Å². The highest BCUT2D eigenvalue weighted by Crippen LogP contribution is 2.38. The predicted molar refractivity (Wildman–Crippen MR) is 114 cm³/mol. The number of carbonyl (C=O) groups is 1. The van der Waals surface area contributed by atoms with Crippen molar-refractivity contribution >= 4 is 34.7 Å². The number of aromatic amines is 1. The summed E-state index contributed by atoms with van der Waals surface area (Å²) in [5.41, 5.74) is 2.79. The zero-order chi connectivity index (χ0) is 23.3. The molecule has 0 saturated carbocycles. The lowest BCUT2D eigenvalue weighted by Crippen LogP contribution is -2.41. The molecule has 8 nitrogen and oxygen atoms in total. The van der Waals surface area contributed by atoms with Gasteiger partial charge in [-0.3, -0.25) is 19.1 Å². The Morgan fingerprint density at radius 2 is 1.97 bits per heavy atom. The first kappa shape index (κ1) is 24.3. The van der Waals surface area contributed by atoms with Crippen LogP contribution in [0, 0.1) is 0 Å². The molecule has 170 valence electrons. The van der Waals surface area contributed by atoms with Crippen molar-refractivity contribution in [1.82, 2.24) is 9.55 Å². The van der Waals surface area contributed by atoms with Crippen LogP contribution in [0.1, 0.15) is 32.3 Å². The number of anilines is 3. The van der Waals surface area contributed by atoms with Crippen LogP contribution >= 0.6 is 11.6 Å². The van der Waals surface area contributed by atoms with Gasteiger partial charge in [0, 0.05) is 13.1 Å². The number of benzene rings is 1. The summed E-state index contributed by atoms with van der Waals surface area (Å²) in [5, 5.41) is 1.88. The summed E-state index contributed by atoms with van der Waals surface area (Å²) in [5.74, 6) is -0.962. The molecule has 31 heavy (non-hydrogen) atoms. The number of H-pyrrole nitrogens is 1. The standard InChI is InChI=1S/C19H23ClF3N5O3/c1-3-5-9-28-16(24)15(17(30)26-18(28)31)27(4-2)10-13(29)25-14-11(19(21,22)23)7-6-8-12(14)20/h6-8H,3-5,9-10,24H2,1-2H3,(H,25,29)(H,26,30,31). The van der Waals surface area contributed by atoms with Gasteiger partial charge >= 0.3 is 11.9 Å². The smallest absolute Gasteiger partial charge is 0.383 e. The van der Waals surface area contributed by atoms with E-state index < -0.39 is 41.1 Å². The number of nitrogen functional groups attached to an aromatic ring is 1. The van der Waals surface area contributed by atoms with Gasteiger partial charge < -0.3 is 16.0 Å². The van der Waals surface area contributed by atoms with E-state index in [2.05, 4.69) is 10.3 Å². The Kier molecular flexibility index (Phi) is 7.77. The molecular weight excluding hydrogens is 439 g/mol. The average molecular weight is 462 g/mol. The van der Waals surface area contributed by atoms with Crippen LogP contribution in [0.5, 0.6) is 0 Å². The number of amides is 1. The SMILES string of the molecule is CCCCn1c(N)c(N(CC)CC(=O)Nc2c(Cl)cccc2C(F)(F)F)c(=O)[nH]c1=O. The lowest BCUT2D eigenvalue weighted by molar-refractivity contribution is -0.137. The summed E-state index contributed by atoms with van der Waals surface area (Å²) in [6, 6.07) is 3.14. The Hall–Kier alpha value is -2.95. The summed E-state index contributed by atoms with van der Waals surface area (Å²) in [6.45, 7) is 3.45. The molecule has 12 heteroatoms. The number of rotatable bonds is 8. The number of aromatic nitrogens is 2. The number of nitrogens with zero attached hydrogens (tertiary/aromatic N) is 2. The number of para-hydroxylation sites is 1. The van der Waals surface area contributed by atoms with Gasteiger partial charge in [0.15, 0.2) is 0 Å². The van der Waals surface area contributed by atoms with Crippen LogP contribution in [0.2, 0.25) is 5.02 Å². The highest BCUT2D eigenvalue weighted by atomic mass is 35.5. The molecule has 2 rings (SSSR count). The summed E-state index contributed by atoms with van der Waals surface area (Å²) in [4.78, 5) is 40.4. The second-order valence-corrected chi connectivity index (χ2v) is 7.13. The maximum Gasteiger partial charge on any atom is 0.418 e. The average Bonchev–Trinajstić information content (AvgIpc) is 2.67. The highest BCUT2D eigenvalue weighted by Gasteiger charge is 2.35. The van der Waals surface area contributed by atoms with Gasteiger partial charge in [0.05, 0.1) is 22.8 Å². The molecule has 0 aliphatic rings. The first-order chi connectivity index (χ1) is 14.5. The van der Waals surface area contributed by atoms with Gasteiger partial charge in [-0.05, 0) is 25.5 Å². The molecule has 1 aromatic carbocycles. The number of hydrogen-bond acceptors (Lipinski definition) is 5. The molecule has 1 aromatic heterocycles. The Labute approximate surface area is 180 Å². The Bertz CT molecular complexity index is 1070. The van der Waals surface area contributed by atoms with Crippen molar-refractivity contribution in [3.63, 3.8) is 0 Å². The molecule has 0 radical (unpaired) electrons. The molecule has 0 spiro atoms. The van der Waals surface area contributed by atoms with Crippen LogP contribution in [0.25, 0.3) is 0 Å². The predicted octanol–water partition coefficient (Wildman–Crippen LogP) is 3.06. The van der Waals surface area contributed by atoms with Crippen LogP contribution in [0.3, 0.4) is 0 Å². The second-order valence-electron chi connectivity index (χ2n) is 6.72. The summed E-state index contributed by atoms with van der Waals surface area (Å²) < 4.78 is 40.9. The van der Waals surface area contributed by atoms with E-state index in [-0.39, 0.29) is 29.6 Å². The minimum absolute atomic E-state index is 0.108. The minimum atomic E-state index is -4.73. The van der Waals surface area contributed by atoms with E-state index in [4.69, 9.17) is 17.3 Å². The summed E-state index contributed by atoms with van der Waals surface area (Å²) in [7, 11) is 0. The number of nitrogens with one attached hydrogen (secondary N) is 2. The normalized spacial score (nSPS) is 11.4. The van der Waals surface area contributed by atoms with Crippen molar-refractivity contribution < 1.29 is 18.0 Å². The number of likely N-dealkylation sites (N-methyl/N-ethyl adjacent to an activating group) is 1. The molecule has 2 aromatic rings. The minimum Gasteiger partial charge on any atom is -0.383 e. The van der Waals surface area contributed by atoms with E-state index in [0.29, 0.717) is 6.42 Å². The van der Waals surface area contributed by atoms with Crippen LogP contribution in [0.15, 0.2) is 27.8 Å².